The van der Waals surface area contributed by atoms with Gasteiger partial charge in [-0.3, -0.25) is 0 Å². The van der Waals surface area contributed by atoms with E-state index in [2.05, 4.69) is 90.1 Å². The summed E-state index contributed by atoms with van der Waals surface area (Å²) in [5.74, 6) is 2.17. The minimum absolute atomic E-state index is 0. The third-order valence-corrected chi connectivity index (χ3v) is 6.47. The van der Waals surface area contributed by atoms with Crippen molar-refractivity contribution in [1.82, 2.24) is 0 Å². The van der Waals surface area contributed by atoms with Crippen molar-refractivity contribution in [2.24, 2.45) is 0 Å². The third kappa shape index (κ3) is 32.9. The largest absolute Gasteiger partial charge is 0.508 e. The van der Waals surface area contributed by atoms with E-state index >= 15 is 0 Å². The molecule has 0 aliphatic heterocycles. The lowest BCUT2D eigenvalue weighted by Gasteiger charge is -2.03. The molecule has 7 rings (SSSR count). The van der Waals surface area contributed by atoms with Crippen LogP contribution in [-0.4, -0.2) is 25.5 Å². The van der Waals surface area contributed by atoms with Crippen LogP contribution in [0.4, 0.5) is 0 Å². The molecular formula is C53H70O5. The Kier molecular flexibility index (Phi) is 37.4. The van der Waals surface area contributed by atoms with Crippen LogP contribution in [0.2, 0.25) is 0 Å². The molecule has 0 amide bonds. The smallest absolute Gasteiger partial charge is 0.115 e. The predicted octanol–water partition coefficient (Wildman–Crippen LogP) is 15.5. The quantitative estimate of drug-likeness (QED) is 0.120. The molecular weight excluding hydrogens is 717 g/mol. The minimum Gasteiger partial charge on any atom is -0.508 e. The molecule has 0 fully saturated rings. The Balaban J connectivity index is -0.000000612. The van der Waals surface area contributed by atoms with Gasteiger partial charge in [-0.2, -0.15) is 0 Å². The minimum atomic E-state index is 0. The first-order valence-electron chi connectivity index (χ1n) is 18.9. The van der Waals surface area contributed by atoms with Gasteiger partial charge in [0.1, 0.15) is 28.7 Å². The molecule has 0 radical (unpaired) electrons. The molecule has 5 heteroatoms. The fourth-order valence-corrected chi connectivity index (χ4v) is 3.83. The summed E-state index contributed by atoms with van der Waals surface area (Å²) in [5.41, 5.74) is 3.81. The molecule has 0 aromatic heterocycles. The monoisotopic (exact) mass is 787 g/mol. The Morgan fingerprint density at radius 1 is 0.293 bits per heavy atom. The Morgan fingerprint density at radius 2 is 0.466 bits per heavy atom. The van der Waals surface area contributed by atoms with E-state index < -0.39 is 0 Å². The topological polar surface area (TPSA) is 101 Å². The van der Waals surface area contributed by atoms with Crippen molar-refractivity contribution in [2.75, 3.05) is 0 Å². The van der Waals surface area contributed by atoms with Crippen LogP contribution in [0.25, 0.3) is 11.1 Å². The summed E-state index contributed by atoms with van der Waals surface area (Å²) in [7, 11) is 0. The summed E-state index contributed by atoms with van der Waals surface area (Å²) < 4.78 is 0. The molecule has 58 heavy (non-hydrogen) atoms. The summed E-state index contributed by atoms with van der Waals surface area (Å²) in [6, 6.07) is 63.0. The Hall–Kier alpha value is -6.46. The van der Waals surface area contributed by atoms with E-state index in [-0.39, 0.29) is 14.9 Å². The van der Waals surface area contributed by atoms with Crippen LogP contribution in [-0.2, 0) is 0 Å². The fraction of sp³-hybridized carbons (Fsp3) is 0.208. The summed E-state index contributed by atoms with van der Waals surface area (Å²) in [4.78, 5) is 0. The Labute approximate surface area is 351 Å². The standard InChI is InChI=1S/C12H10.C9H12O.4C6H6O.2C3H8.2CH4/c1-3-7-11(8-4-1)12-9-5-2-6-10-12;1-7(2)8-3-5-9(10)6-4-8;4*7-6-4-2-1-3-5-6;2*1-3-2;;/h1-10H;3-7,10H,1-2H3;4*1-5,7H;2*3H2,1-2H3;2*1H4. The highest BCUT2D eigenvalue weighted by molar-refractivity contribution is 5.62. The van der Waals surface area contributed by atoms with E-state index in [0.717, 1.165) is 0 Å². The highest BCUT2D eigenvalue weighted by Crippen LogP contribution is 2.18. The molecule has 5 nitrogen and oxygen atoms in total. The molecule has 0 spiro atoms. The van der Waals surface area contributed by atoms with Gasteiger partial charge < -0.3 is 25.5 Å². The number of hydrogen-bond donors (Lipinski definition) is 5. The van der Waals surface area contributed by atoms with Crippen LogP contribution in [0.5, 0.6) is 28.7 Å². The van der Waals surface area contributed by atoms with Gasteiger partial charge in [-0.15, -0.1) is 0 Å². The lowest BCUT2D eigenvalue weighted by molar-refractivity contribution is 0.474. The van der Waals surface area contributed by atoms with Crippen molar-refractivity contribution in [3.8, 4) is 39.9 Å². The van der Waals surface area contributed by atoms with Gasteiger partial charge in [0.25, 0.3) is 0 Å². The van der Waals surface area contributed by atoms with Crippen molar-refractivity contribution in [3.05, 3.63) is 212 Å². The third-order valence-electron chi connectivity index (χ3n) is 6.47. The van der Waals surface area contributed by atoms with Crippen molar-refractivity contribution in [1.29, 1.82) is 0 Å². The first-order valence-corrected chi connectivity index (χ1v) is 18.9. The number of hydrogen-bond acceptors (Lipinski definition) is 5. The summed E-state index contributed by atoms with van der Waals surface area (Å²) in [6.07, 6.45) is 2.50. The van der Waals surface area contributed by atoms with Crippen LogP contribution >= 0.6 is 0 Å². The van der Waals surface area contributed by atoms with E-state index in [1.165, 1.54) is 29.5 Å². The molecule has 0 atom stereocenters. The number of para-hydroxylation sites is 4. The molecule has 0 aliphatic carbocycles. The van der Waals surface area contributed by atoms with E-state index in [1.54, 1.807) is 109 Å². The highest BCUT2D eigenvalue weighted by Gasteiger charge is 1.96. The van der Waals surface area contributed by atoms with E-state index in [4.69, 9.17) is 25.5 Å². The average Bonchev–Trinajstić information content (AvgIpc) is 3.22. The average molecular weight is 787 g/mol. The van der Waals surface area contributed by atoms with Gasteiger partial charge in [0.15, 0.2) is 0 Å². The second kappa shape index (κ2) is 38.8. The maximum absolute atomic E-state index is 8.94. The molecule has 5 N–H and O–H groups in total. The highest BCUT2D eigenvalue weighted by atomic mass is 16.3. The van der Waals surface area contributed by atoms with E-state index in [9.17, 15) is 0 Å². The lowest BCUT2D eigenvalue weighted by atomic mass is 10.0. The lowest BCUT2D eigenvalue weighted by Crippen LogP contribution is -1.84. The first kappa shape index (κ1) is 55.9. The molecule has 312 valence electrons. The van der Waals surface area contributed by atoms with Crippen molar-refractivity contribution in [3.63, 3.8) is 0 Å². The zero-order valence-electron chi connectivity index (χ0n) is 33.9. The summed E-state index contributed by atoms with van der Waals surface area (Å²) >= 11 is 0. The molecule has 0 saturated heterocycles. The van der Waals surface area contributed by atoms with Crippen LogP contribution in [0.3, 0.4) is 0 Å². The van der Waals surface area contributed by atoms with Gasteiger partial charge in [-0.05, 0) is 83.3 Å². The van der Waals surface area contributed by atoms with Gasteiger partial charge in [-0.1, -0.05) is 215 Å². The summed E-state index contributed by atoms with van der Waals surface area (Å²) in [5, 5.41) is 43.5. The van der Waals surface area contributed by atoms with Gasteiger partial charge >= 0.3 is 0 Å². The SMILES string of the molecule is C.C.CC(C)c1ccc(O)cc1.CCC.CCC.Oc1ccccc1.Oc1ccccc1.Oc1ccccc1.Oc1ccccc1.c1ccc(-c2ccccc2)cc1. The van der Waals surface area contributed by atoms with Crippen molar-refractivity contribution >= 4 is 0 Å². The second-order valence-electron chi connectivity index (χ2n) is 12.2. The molecule has 0 bridgehead atoms. The maximum atomic E-state index is 8.94. The van der Waals surface area contributed by atoms with E-state index in [1.807, 2.05) is 48.5 Å². The maximum Gasteiger partial charge on any atom is 0.115 e. The van der Waals surface area contributed by atoms with Gasteiger partial charge in [0.2, 0.25) is 0 Å². The van der Waals surface area contributed by atoms with Crippen LogP contribution in [0.15, 0.2) is 206 Å². The Bertz CT molecular complexity index is 1610. The zero-order chi connectivity index (χ0) is 41.7. The van der Waals surface area contributed by atoms with Crippen LogP contribution < -0.4 is 0 Å². The number of aromatic hydroxyl groups is 5. The van der Waals surface area contributed by atoms with Crippen molar-refractivity contribution < 1.29 is 25.5 Å². The molecule has 0 heterocycles. The fourth-order valence-electron chi connectivity index (χ4n) is 3.83. The van der Waals surface area contributed by atoms with Gasteiger partial charge in [0, 0.05) is 0 Å². The number of phenolic OH excluding ortho intramolecular Hbond substituents is 5. The van der Waals surface area contributed by atoms with Crippen LogP contribution in [0, 0.1) is 0 Å². The number of benzene rings is 7. The molecule has 0 aliphatic rings. The first-order chi connectivity index (χ1) is 27.1. The second-order valence-corrected chi connectivity index (χ2v) is 12.2. The Morgan fingerprint density at radius 3 is 0.621 bits per heavy atom. The normalized spacial score (nSPS) is 8.53. The van der Waals surface area contributed by atoms with Gasteiger partial charge in [-0.25, -0.2) is 0 Å². The van der Waals surface area contributed by atoms with E-state index in [0.29, 0.717) is 34.7 Å². The predicted molar refractivity (Wildman–Crippen MR) is 252 cm³/mol. The van der Waals surface area contributed by atoms with Crippen molar-refractivity contribution in [2.45, 2.75) is 75.2 Å². The summed E-state index contributed by atoms with van der Waals surface area (Å²) in [6.45, 7) is 12.8. The van der Waals surface area contributed by atoms with Gasteiger partial charge in [0.05, 0.1) is 0 Å². The molecule has 7 aromatic rings. The zero-order valence-corrected chi connectivity index (χ0v) is 33.9. The number of phenols is 5. The molecule has 0 unspecified atom stereocenters. The van der Waals surface area contributed by atoms with Crippen LogP contribution in [0.1, 0.15) is 80.7 Å². The molecule has 0 saturated carbocycles. The number of rotatable bonds is 2. The molecule has 7 aromatic carbocycles.